The van der Waals surface area contributed by atoms with E-state index < -0.39 is 0 Å². The SMILES string of the molecule is C/C=C/C=C/CCCC1OCCO1. The summed E-state index contributed by atoms with van der Waals surface area (Å²) in [5, 5.41) is 0. The summed E-state index contributed by atoms with van der Waals surface area (Å²) in [6.45, 7) is 3.54. The van der Waals surface area contributed by atoms with Crippen molar-refractivity contribution in [3.05, 3.63) is 24.3 Å². The van der Waals surface area contributed by atoms with Gasteiger partial charge in [-0.25, -0.2) is 0 Å². The normalized spacial score (nSPS) is 19.5. The van der Waals surface area contributed by atoms with Crippen LogP contribution in [0.4, 0.5) is 0 Å². The predicted molar refractivity (Wildman–Crippen MR) is 53.5 cm³/mol. The lowest BCUT2D eigenvalue weighted by atomic mass is 10.2. The van der Waals surface area contributed by atoms with Crippen LogP contribution in [0.1, 0.15) is 26.2 Å². The lowest BCUT2D eigenvalue weighted by Gasteiger charge is -2.06. The van der Waals surface area contributed by atoms with Crippen molar-refractivity contribution in [2.75, 3.05) is 13.2 Å². The lowest BCUT2D eigenvalue weighted by Crippen LogP contribution is -2.06. The highest BCUT2D eigenvalue weighted by Crippen LogP contribution is 2.11. The number of ether oxygens (including phenoxy) is 2. The van der Waals surface area contributed by atoms with Gasteiger partial charge in [-0.2, -0.15) is 0 Å². The molecule has 0 spiro atoms. The summed E-state index contributed by atoms with van der Waals surface area (Å²) in [5.74, 6) is 0. The Morgan fingerprint density at radius 2 is 2.00 bits per heavy atom. The average molecular weight is 182 g/mol. The number of hydrogen-bond donors (Lipinski definition) is 0. The topological polar surface area (TPSA) is 18.5 Å². The van der Waals surface area contributed by atoms with Crippen LogP contribution in [0.25, 0.3) is 0 Å². The number of rotatable bonds is 5. The average Bonchev–Trinajstić information content (AvgIpc) is 2.63. The number of unbranched alkanes of at least 4 members (excludes halogenated alkanes) is 1. The highest BCUT2D eigenvalue weighted by atomic mass is 16.7. The number of allylic oxidation sites excluding steroid dienone is 4. The van der Waals surface area contributed by atoms with Gasteiger partial charge in [0.05, 0.1) is 13.2 Å². The summed E-state index contributed by atoms with van der Waals surface area (Å²) in [6.07, 6.45) is 11.6. The Kier molecular flexibility index (Phi) is 5.54. The molecule has 74 valence electrons. The fourth-order valence-electron chi connectivity index (χ4n) is 1.26. The first-order chi connectivity index (χ1) is 6.43. The van der Waals surface area contributed by atoms with Crippen molar-refractivity contribution in [2.45, 2.75) is 32.5 Å². The van der Waals surface area contributed by atoms with Gasteiger partial charge in [-0.05, 0) is 26.2 Å². The summed E-state index contributed by atoms with van der Waals surface area (Å²) in [6, 6.07) is 0. The van der Waals surface area contributed by atoms with Crippen LogP contribution in [0.15, 0.2) is 24.3 Å². The molecule has 0 radical (unpaired) electrons. The maximum atomic E-state index is 5.32. The molecule has 0 aromatic rings. The minimum Gasteiger partial charge on any atom is -0.350 e. The molecule has 2 heteroatoms. The molecule has 0 amide bonds. The molecule has 0 atom stereocenters. The van der Waals surface area contributed by atoms with Crippen molar-refractivity contribution in [1.82, 2.24) is 0 Å². The van der Waals surface area contributed by atoms with Gasteiger partial charge in [-0.15, -0.1) is 0 Å². The van der Waals surface area contributed by atoms with Crippen molar-refractivity contribution in [1.29, 1.82) is 0 Å². The first-order valence-electron chi connectivity index (χ1n) is 4.94. The first-order valence-corrected chi connectivity index (χ1v) is 4.94. The second-order valence-corrected chi connectivity index (χ2v) is 3.06. The van der Waals surface area contributed by atoms with Crippen LogP contribution in [0, 0.1) is 0 Å². The molecule has 0 aliphatic carbocycles. The van der Waals surface area contributed by atoms with Crippen LogP contribution >= 0.6 is 0 Å². The minimum atomic E-state index is 0.0649. The van der Waals surface area contributed by atoms with Crippen LogP contribution in [0.2, 0.25) is 0 Å². The van der Waals surface area contributed by atoms with Gasteiger partial charge in [-0.3, -0.25) is 0 Å². The van der Waals surface area contributed by atoms with Gasteiger partial charge in [0.1, 0.15) is 0 Å². The zero-order valence-corrected chi connectivity index (χ0v) is 8.24. The molecule has 1 aliphatic rings. The van der Waals surface area contributed by atoms with Crippen LogP contribution in [-0.4, -0.2) is 19.5 Å². The fourth-order valence-corrected chi connectivity index (χ4v) is 1.26. The Morgan fingerprint density at radius 3 is 2.69 bits per heavy atom. The third-order valence-electron chi connectivity index (χ3n) is 1.94. The molecule has 1 heterocycles. The second kappa shape index (κ2) is 6.87. The smallest absolute Gasteiger partial charge is 0.157 e. The second-order valence-electron chi connectivity index (χ2n) is 3.06. The van der Waals surface area contributed by atoms with E-state index in [9.17, 15) is 0 Å². The van der Waals surface area contributed by atoms with E-state index in [2.05, 4.69) is 12.2 Å². The van der Waals surface area contributed by atoms with Crippen LogP contribution < -0.4 is 0 Å². The number of hydrogen-bond acceptors (Lipinski definition) is 2. The Hall–Kier alpha value is -0.600. The van der Waals surface area contributed by atoms with Crippen molar-refractivity contribution < 1.29 is 9.47 Å². The maximum Gasteiger partial charge on any atom is 0.157 e. The molecule has 13 heavy (non-hydrogen) atoms. The Labute approximate surface area is 80.2 Å². The van der Waals surface area contributed by atoms with Crippen molar-refractivity contribution in [2.24, 2.45) is 0 Å². The molecule has 0 unspecified atom stereocenters. The van der Waals surface area contributed by atoms with Crippen molar-refractivity contribution in [3.8, 4) is 0 Å². The molecule has 0 saturated carbocycles. The first kappa shape index (κ1) is 10.5. The van der Waals surface area contributed by atoms with Gasteiger partial charge >= 0.3 is 0 Å². The molecule has 1 rings (SSSR count). The molecule has 2 nitrogen and oxygen atoms in total. The van der Waals surface area contributed by atoms with E-state index in [4.69, 9.17) is 9.47 Å². The van der Waals surface area contributed by atoms with E-state index in [0.29, 0.717) is 0 Å². The predicted octanol–water partition coefficient (Wildman–Crippen LogP) is 2.66. The quantitative estimate of drug-likeness (QED) is 0.480. The molecular formula is C11H18O2. The van der Waals surface area contributed by atoms with Gasteiger partial charge in [-0.1, -0.05) is 24.3 Å². The third-order valence-corrected chi connectivity index (χ3v) is 1.94. The highest BCUT2D eigenvalue weighted by molar-refractivity contribution is 5.00. The zero-order chi connectivity index (χ0) is 9.36. The van der Waals surface area contributed by atoms with E-state index in [0.717, 1.165) is 32.5 Å². The van der Waals surface area contributed by atoms with Gasteiger partial charge in [0.2, 0.25) is 0 Å². The molecule has 1 saturated heterocycles. The standard InChI is InChI=1S/C11H18O2/c1-2-3-4-5-6-7-8-11-12-9-10-13-11/h2-5,11H,6-10H2,1H3/b3-2+,5-4+. The molecule has 0 aromatic carbocycles. The van der Waals surface area contributed by atoms with E-state index in [1.54, 1.807) is 0 Å². The molecular weight excluding hydrogens is 164 g/mol. The molecule has 1 aliphatic heterocycles. The molecule has 0 aromatic heterocycles. The molecule has 1 fully saturated rings. The summed E-state index contributed by atoms with van der Waals surface area (Å²) in [4.78, 5) is 0. The van der Waals surface area contributed by atoms with Crippen LogP contribution in [0.5, 0.6) is 0 Å². The summed E-state index contributed by atoms with van der Waals surface area (Å²) < 4.78 is 10.6. The van der Waals surface area contributed by atoms with E-state index in [1.165, 1.54) is 0 Å². The fraction of sp³-hybridized carbons (Fsp3) is 0.636. The summed E-state index contributed by atoms with van der Waals surface area (Å²) >= 11 is 0. The van der Waals surface area contributed by atoms with Gasteiger partial charge in [0.25, 0.3) is 0 Å². The Morgan fingerprint density at radius 1 is 1.23 bits per heavy atom. The summed E-state index contributed by atoms with van der Waals surface area (Å²) in [5.41, 5.74) is 0. The van der Waals surface area contributed by atoms with Gasteiger partial charge < -0.3 is 9.47 Å². The van der Waals surface area contributed by atoms with Crippen LogP contribution in [-0.2, 0) is 9.47 Å². The van der Waals surface area contributed by atoms with Crippen LogP contribution in [0.3, 0.4) is 0 Å². The molecule has 0 N–H and O–H groups in total. The summed E-state index contributed by atoms with van der Waals surface area (Å²) in [7, 11) is 0. The molecule has 0 bridgehead atoms. The third kappa shape index (κ3) is 4.86. The van der Waals surface area contributed by atoms with E-state index >= 15 is 0 Å². The monoisotopic (exact) mass is 182 g/mol. The maximum absolute atomic E-state index is 5.32. The van der Waals surface area contributed by atoms with E-state index in [-0.39, 0.29) is 6.29 Å². The zero-order valence-electron chi connectivity index (χ0n) is 8.24. The largest absolute Gasteiger partial charge is 0.350 e. The van der Waals surface area contributed by atoms with Gasteiger partial charge in [0.15, 0.2) is 6.29 Å². The Bertz CT molecular complexity index is 167. The van der Waals surface area contributed by atoms with E-state index in [1.807, 2.05) is 19.1 Å². The Balaban J connectivity index is 1.94. The lowest BCUT2D eigenvalue weighted by molar-refractivity contribution is -0.0474. The van der Waals surface area contributed by atoms with Crippen molar-refractivity contribution >= 4 is 0 Å². The van der Waals surface area contributed by atoms with Crippen molar-refractivity contribution in [3.63, 3.8) is 0 Å². The van der Waals surface area contributed by atoms with Gasteiger partial charge in [0, 0.05) is 0 Å². The minimum absolute atomic E-state index is 0.0649. The highest BCUT2D eigenvalue weighted by Gasteiger charge is 2.14.